The summed E-state index contributed by atoms with van der Waals surface area (Å²) in [6.07, 6.45) is 2.26. The average Bonchev–Trinajstić information content (AvgIpc) is 2.53. The van der Waals surface area contributed by atoms with E-state index in [-0.39, 0.29) is 0 Å². The lowest BCUT2D eigenvalue weighted by molar-refractivity contribution is 0.109. The zero-order chi connectivity index (χ0) is 8.81. The SMILES string of the molecule is CC#CCCc1ccc(C=O)o1. The summed E-state index contributed by atoms with van der Waals surface area (Å²) in [7, 11) is 0. The van der Waals surface area contributed by atoms with Crippen molar-refractivity contribution in [2.24, 2.45) is 0 Å². The Hall–Kier alpha value is -1.49. The van der Waals surface area contributed by atoms with Crippen LogP contribution in [0.1, 0.15) is 29.7 Å². The van der Waals surface area contributed by atoms with Crippen LogP contribution in [0.5, 0.6) is 0 Å². The van der Waals surface area contributed by atoms with E-state index < -0.39 is 0 Å². The van der Waals surface area contributed by atoms with Gasteiger partial charge in [0, 0.05) is 12.8 Å². The second-order valence-corrected chi connectivity index (χ2v) is 2.35. The van der Waals surface area contributed by atoms with Crippen LogP contribution in [0.3, 0.4) is 0 Å². The third-order valence-electron chi connectivity index (χ3n) is 1.47. The summed E-state index contributed by atoms with van der Waals surface area (Å²) < 4.78 is 5.14. The second kappa shape index (κ2) is 4.40. The molecule has 0 aromatic carbocycles. The molecule has 2 nitrogen and oxygen atoms in total. The van der Waals surface area contributed by atoms with Gasteiger partial charge >= 0.3 is 0 Å². The van der Waals surface area contributed by atoms with E-state index in [0.717, 1.165) is 18.6 Å². The Morgan fingerprint density at radius 2 is 2.42 bits per heavy atom. The first-order valence-corrected chi connectivity index (χ1v) is 3.80. The smallest absolute Gasteiger partial charge is 0.185 e. The molecule has 0 unspecified atom stereocenters. The fourth-order valence-corrected chi connectivity index (χ4v) is 0.903. The molecule has 2 heteroatoms. The Kier molecular flexibility index (Phi) is 3.16. The van der Waals surface area contributed by atoms with Gasteiger partial charge in [-0.05, 0) is 19.1 Å². The first kappa shape index (κ1) is 8.61. The molecule has 0 aliphatic rings. The van der Waals surface area contributed by atoms with Gasteiger partial charge in [-0.15, -0.1) is 11.8 Å². The van der Waals surface area contributed by atoms with E-state index in [0.29, 0.717) is 12.0 Å². The van der Waals surface area contributed by atoms with Gasteiger partial charge < -0.3 is 4.42 Å². The molecule has 0 aliphatic carbocycles. The van der Waals surface area contributed by atoms with Crippen LogP contribution < -0.4 is 0 Å². The fourth-order valence-electron chi connectivity index (χ4n) is 0.903. The minimum absolute atomic E-state index is 0.384. The first-order chi connectivity index (χ1) is 5.86. The van der Waals surface area contributed by atoms with E-state index in [1.807, 2.05) is 0 Å². The monoisotopic (exact) mass is 162 g/mol. The van der Waals surface area contributed by atoms with Crippen molar-refractivity contribution in [3.8, 4) is 11.8 Å². The minimum atomic E-state index is 0.384. The molecule has 0 N–H and O–H groups in total. The van der Waals surface area contributed by atoms with Gasteiger partial charge in [-0.3, -0.25) is 4.79 Å². The summed E-state index contributed by atoms with van der Waals surface area (Å²) in [4.78, 5) is 10.2. The van der Waals surface area contributed by atoms with Gasteiger partial charge in [0.2, 0.25) is 0 Å². The highest BCUT2D eigenvalue weighted by Gasteiger charge is 1.98. The molecule has 0 spiro atoms. The molecule has 0 radical (unpaired) electrons. The van der Waals surface area contributed by atoms with Gasteiger partial charge in [-0.1, -0.05) is 0 Å². The molecule has 62 valence electrons. The Balaban J connectivity index is 2.50. The summed E-state index contributed by atoms with van der Waals surface area (Å²) in [6, 6.07) is 3.47. The lowest BCUT2D eigenvalue weighted by atomic mass is 10.2. The highest BCUT2D eigenvalue weighted by atomic mass is 16.3. The maximum Gasteiger partial charge on any atom is 0.185 e. The van der Waals surface area contributed by atoms with Crippen LogP contribution in [-0.2, 0) is 6.42 Å². The molecule has 1 aromatic heterocycles. The summed E-state index contributed by atoms with van der Waals surface area (Å²) in [5.74, 6) is 6.93. The van der Waals surface area contributed by atoms with Gasteiger partial charge in [-0.25, -0.2) is 0 Å². The molecule has 0 atom stereocenters. The minimum Gasteiger partial charge on any atom is -0.458 e. The molecule has 1 rings (SSSR count). The predicted molar refractivity (Wildman–Crippen MR) is 45.9 cm³/mol. The number of aldehydes is 1. The van der Waals surface area contributed by atoms with Crippen molar-refractivity contribution in [2.75, 3.05) is 0 Å². The molecule has 1 aromatic rings. The third kappa shape index (κ3) is 2.28. The van der Waals surface area contributed by atoms with Crippen LogP contribution in [0.15, 0.2) is 16.5 Å². The largest absolute Gasteiger partial charge is 0.458 e. The molecule has 0 fully saturated rings. The van der Waals surface area contributed by atoms with Crippen LogP contribution >= 0.6 is 0 Å². The number of carbonyl (C=O) groups is 1. The van der Waals surface area contributed by atoms with Crippen molar-refractivity contribution in [3.63, 3.8) is 0 Å². The summed E-state index contributed by atoms with van der Waals surface area (Å²) in [5.41, 5.74) is 0. The average molecular weight is 162 g/mol. The number of aryl methyl sites for hydroxylation is 1. The Morgan fingerprint density at radius 3 is 3.00 bits per heavy atom. The van der Waals surface area contributed by atoms with Crippen LogP contribution in [-0.4, -0.2) is 6.29 Å². The molecule has 0 saturated carbocycles. The summed E-state index contributed by atoms with van der Waals surface area (Å²) >= 11 is 0. The van der Waals surface area contributed by atoms with Crippen molar-refractivity contribution in [3.05, 3.63) is 23.7 Å². The standard InChI is InChI=1S/C10H10O2/c1-2-3-4-5-9-6-7-10(8-11)12-9/h6-8H,4-5H2,1H3. The first-order valence-electron chi connectivity index (χ1n) is 3.80. The van der Waals surface area contributed by atoms with Crippen molar-refractivity contribution in [2.45, 2.75) is 19.8 Å². The molecule has 0 amide bonds. The van der Waals surface area contributed by atoms with E-state index in [9.17, 15) is 4.79 Å². The van der Waals surface area contributed by atoms with Gasteiger partial charge in [0.1, 0.15) is 5.76 Å². The summed E-state index contributed by atoms with van der Waals surface area (Å²) in [6.45, 7) is 1.80. The van der Waals surface area contributed by atoms with Crippen molar-refractivity contribution < 1.29 is 9.21 Å². The lowest BCUT2D eigenvalue weighted by Gasteiger charge is -1.87. The van der Waals surface area contributed by atoms with Crippen molar-refractivity contribution in [1.29, 1.82) is 0 Å². The Bertz CT molecular complexity index is 312. The van der Waals surface area contributed by atoms with Gasteiger partial charge in [0.05, 0.1) is 0 Å². The molecular formula is C10H10O2. The van der Waals surface area contributed by atoms with Crippen LogP contribution in [0.25, 0.3) is 0 Å². The molecule has 12 heavy (non-hydrogen) atoms. The fraction of sp³-hybridized carbons (Fsp3) is 0.300. The molecule has 1 heterocycles. The van der Waals surface area contributed by atoms with Crippen molar-refractivity contribution >= 4 is 6.29 Å². The quantitative estimate of drug-likeness (QED) is 0.503. The Morgan fingerprint density at radius 1 is 1.58 bits per heavy atom. The van der Waals surface area contributed by atoms with Gasteiger partial charge in [-0.2, -0.15) is 0 Å². The highest BCUT2D eigenvalue weighted by Crippen LogP contribution is 2.07. The predicted octanol–water partition coefficient (Wildman–Crippen LogP) is 2.05. The Labute approximate surface area is 71.6 Å². The number of carbonyl (C=O) groups excluding carboxylic acids is 1. The highest BCUT2D eigenvalue weighted by molar-refractivity contribution is 5.70. The third-order valence-corrected chi connectivity index (χ3v) is 1.47. The number of hydrogen-bond donors (Lipinski definition) is 0. The number of rotatable bonds is 3. The number of furan rings is 1. The number of hydrogen-bond acceptors (Lipinski definition) is 2. The van der Waals surface area contributed by atoms with Crippen molar-refractivity contribution in [1.82, 2.24) is 0 Å². The summed E-state index contributed by atoms with van der Waals surface area (Å²) in [5, 5.41) is 0. The maximum atomic E-state index is 10.2. The maximum absolute atomic E-state index is 10.2. The van der Waals surface area contributed by atoms with Gasteiger partial charge in [0.25, 0.3) is 0 Å². The lowest BCUT2D eigenvalue weighted by Crippen LogP contribution is -1.78. The van der Waals surface area contributed by atoms with E-state index in [1.54, 1.807) is 19.1 Å². The molecule has 0 aliphatic heterocycles. The van der Waals surface area contributed by atoms with Gasteiger partial charge in [0.15, 0.2) is 12.0 Å². The molecule has 0 saturated heterocycles. The topological polar surface area (TPSA) is 30.2 Å². The van der Waals surface area contributed by atoms with Crippen LogP contribution in [0, 0.1) is 11.8 Å². The van der Waals surface area contributed by atoms with Crippen LogP contribution in [0.4, 0.5) is 0 Å². The van der Waals surface area contributed by atoms with E-state index in [2.05, 4.69) is 11.8 Å². The molecule has 0 bridgehead atoms. The normalized spacial score (nSPS) is 8.75. The second-order valence-electron chi connectivity index (χ2n) is 2.35. The van der Waals surface area contributed by atoms with E-state index in [4.69, 9.17) is 4.42 Å². The molecular weight excluding hydrogens is 152 g/mol. The van der Waals surface area contributed by atoms with Crippen LogP contribution in [0.2, 0.25) is 0 Å². The zero-order valence-corrected chi connectivity index (χ0v) is 6.96. The zero-order valence-electron chi connectivity index (χ0n) is 6.96. The van der Waals surface area contributed by atoms with E-state index in [1.165, 1.54) is 0 Å². The van der Waals surface area contributed by atoms with E-state index >= 15 is 0 Å².